The summed E-state index contributed by atoms with van der Waals surface area (Å²) in [4.78, 5) is 25.1. The average Bonchev–Trinajstić information content (AvgIpc) is 3.10. The van der Waals surface area contributed by atoms with E-state index in [2.05, 4.69) is 5.32 Å². The molecule has 0 radical (unpaired) electrons. The summed E-state index contributed by atoms with van der Waals surface area (Å²) in [7, 11) is 0. The number of hydrogen-bond acceptors (Lipinski definition) is 3. The van der Waals surface area contributed by atoms with Gasteiger partial charge in [-0.3, -0.25) is 4.79 Å². The van der Waals surface area contributed by atoms with Crippen molar-refractivity contribution in [3.8, 4) is 11.5 Å². The van der Waals surface area contributed by atoms with Gasteiger partial charge in [-0.2, -0.15) is 0 Å². The smallest absolute Gasteiger partial charge is 0.321 e. The molecule has 2 aromatic carbocycles. The Balaban J connectivity index is 1.76. The summed E-state index contributed by atoms with van der Waals surface area (Å²) in [5, 5.41) is 11.9. The molecule has 1 aliphatic rings. The number of carboxylic acids is 1. The van der Waals surface area contributed by atoms with E-state index in [1.54, 1.807) is 12.1 Å². The van der Waals surface area contributed by atoms with Crippen molar-refractivity contribution >= 4 is 17.7 Å². The van der Waals surface area contributed by atoms with Crippen molar-refractivity contribution in [1.82, 2.24) is 4.90 Å². The fourth-order valence-electron chi connectivity index (χ4n) is 3.07. The SMILES string of the molecule is Cc1cccc(C)c1Oc1ccccc1NC(=O)N1CCC(C(=O)O)C1. The highest BCUT2D eigenvalue weighted by Gasteiger charge is 2.31. The van der Waals surface area contributed by atoms with Gasteiger partial charge in [0.25, 0.3) is 0 Å². The lowest BCUT2D eigenvalue weighted by atomic mass is 10.1. The Morgan fingerprint density at radius 2 is 1.81 bits per heavy atom. The molecule has 1 atom stereocenters. The van der Waals surface area contributed by atoms with Crippen molar-refractivity contribution in [3.05, 3.63) is 53.6 Å². The van der Waals surface area contributed by atoms with Crippen LogP contribution in [-0.2, 0) is 4.79 Å². The highest BCUT2D eigenvalue weighted by Crippen LogP contribution is 2.33. The molecule has 136 valence electrons. The summed E-state index contributed by atoms with van der Waals surface area (Å²) in [6, 6.07) is 12.8. The Bertz CT molecular complexity index is 814. The molecule has 26 heavy (non-hydrogen) atoms. The molecule has 0 aromatic heterocycles. The lowest BCUT2D eigenvalue weighted by Crippen LogP contribution is -2.33. The predicted octanol–water partition coefficient (Wildman–Crippen LogP) is 4.03. The number of benzene rings is 2. The molecule has 2 amide bonds. The number of ether oxygens (including phenoxy) is 1. The maximum absolute atomic E-state index is 12.5. The Hall–Kier alpha value is -3.02. The fourth-order valence-corrected chi connectivity index (χ4v) is 3.07. The van der Waals surface area contributed by atoms with E-state index in [9.17, 15) is 9.59 Å². The third-order valence-corrected chi connectivity index (χ3v) is 4.57. The van der Waals surface area contributed by atoms with Crippen molar-refractivity contribution in [1.29, 1.82) is 0 Å². The van der Waals surface area contributed by atoms with Gasteiger partial charge in [-0.05, 0) is 43.5 Å². The van der Waals surface area contributed by atoms with Gasteiger partial charge in [0.05, 0.1) is 11.6 Å². The van der Waals surface area contributed by atoms with Crippen LogP contribution in [0.1, 0.15) is 17.5 Å². The molecule has 0 spiro atoms. The summed E-state index contributed by atoms with van der Waals surface area (Å²) in [5.41, 5.74) is 2.57. The first kappa shape index (κ1) is 17.8. The van der Waals surface area contributed by atoms with Gasteiger partial charge in [0.2, 0.25) is 0 Å². The van der Waals surface area contributed by atoms with E-state index >= 15 is 0 Å². The molecule has 6 nitrogen and oxygen atoms in total. The second-order valence-electron chi connectivity index (χ2n) is 6.52. The van der Waals surface area contributed by atoms with E-state index in [4.69, 9.17) is 9.84 Å². The summed E-state index contributed by atoms with van der Waals surface area (Å²) in [5.74, 6) is -0.0468. The number of nitrogens with one attached hydrogen (secondary N) is 1. The third kappa shape index (κ3) is 3.79. The number of amides is 2. The van der Waals surface area contributed by atoms with Gasteiger partial charge >= 0.3 is 12.0 Å². The number of hydrogen-bond donors (Lipinski definition) is 2. The number of rotatable bonds is 4. The Labute approximate surface area is 152 Å². The first-order valence-electron chi connectivity index (χ1n) is 8.57. The molecule has 6 heteroatoms. The standard InChI is InChI=1S/C20H22N2O4/c1-13-6-5-7-14(2)18(13)26-17-9-4-3-8-16(17)21-20(25)22-11-10-15(12-22)19(23)24/h3-9,15H,10-12H2,1-2H3,(H,21,25)(H,23,24). The van der Waals surface area contributed by atoms with Gasteiger partial charge in [0.15, 0.2) is 5.75 Å². The van der Waals surface area contributed by atoms with E-state index in [0.29, 0.717) is 24.4 Å². The van der Waals surface area contributed by atoms with Crippen LogP contribution in [0.5, 0.6) is 11.5 Å². The van der Waals surface area contributed by atoms with Gasteiger partial charge in [0, 0.05) is 13.1 Å². The quantitative estimate of drug-likeness (QED) is 0.869. The first-order valence-corrected chi connectivity index (χ1v) is 8.57. The molecule has 1 saturated heterocycles. The van der Waals surface area contributed by atoms with E-state index in [0.717, 1.165) is 16.9 Å². The molecule has 3 rings (SSSR count). The molecule has 0 bridgehead atoms. The number of aliphatic carboxylic acids is 1. The summed E-state index contributed by atoms with van der Waals surface area (Å²) in [6.07, 6.45) is 0.476. The number of urea groups is 1. The van der Waals surface area contributed by atoms with Crippen LogP contribution >= 0.6 is 0 Å². The lowest BCUT2D eigenvalue weighted by molar-refractivity contribution is -0.141. The lowest BCUT2D eigenvalue weighted by Gasteiger charge is -2.19. The molecule has 1 heterocycles. The predicted molar refractivity (Wildman–Crippen MR) is 98.8 cm³/mol. The van der Waals surface area contributed by atoms with Crippen LogP contribution in [0.25, 0.3) is 0 Å². The van der Waals surface area contributed by atoms with E-state index in [1.165, 1.54) is 4.90 Å². The second-order valence-corrected chi connectivity index (χ2v) is 6.52. The van der Waals surface area contributed by atoms with Crippen LogP contribution in [-0.4, -0.2) is 35.1 Å². The van der Waals surface area contributed by atoms with Crippen molar-refractivity contribution in [2.24, 2.45) is 5.92 Å². The van der Waals surface area contributed by atoms with E-state index in [-0.39, 0.29) is 12.6 Å². The molecule has 1 aliphatic heterocycles. The molecular weight excluding hydrogens is 332 g/mol. The first-order chi connectivity index (χ1) is 12.5. The van der Waals surface area contributed by atoms with Crippen molar-refractivity contribution in [2.45, 2.75) is 20.3 Å². The third-order valence-electron chi connectivity index (χ3n) is 4.57. The van der Waals surface area contributed by atoms with Crippen LogP contribution in [0.3, 0.4) is 0 Å². The number of para-hydroxylation sites is 3. The minimum Gasteiger partial charge on any atom is -0.481 e. The second kappa shape index (κ2) is 7.47. The zero-order chi connectivity index (χ0) is 18.7. The minimum absolute atomic E-state index is 0.223. The monoisotopic (exact) mass is 354 g/mol. The van der Waals surface area contributed by atoms with Gasteiger partial charge in [-0.15, -0.1) is 0 Å². The fraction of sp³-hybridized carbons (Fsp3) is 0.300. The zero-order valence-corrected chi connectivity index (χ0v) is 14.9. The van der Waals surface area contributed by atoms with Crippen LogP contribution in [0.15, 0.2) is 42.5 Å². The highest BCUT2D eigenvalue weighted by atomic mass is 16.5. The van der Waals surface area contributed by atoms with Crippen molar-refractivity contribution < 1.29 is 19.4 Å². The average molecular weight is 354 g/mol. The summed E-state index contributed by atoms with van der Waals surface area (Å²) < 4.78 is 6.07. The number of nitrogens with zero attached hydrogens (tertiary/aromatic N) is 1. The van der Waals surface area contributed by atoms with E-state index < -0.39 is 11.9 Å². The topological polar surface area (TPSA) is 78.9 Å². The zero-order valence-electron chi connectivity index (χ0n) is 14.9. The normalized spacial score (nSPS) is 16.4. The number of anilines is 1. The molecule has 2 aromatic rings. The molecule has 0 aliphatic carbocycles. The van der Waals surface area contributed by atoms with Crippen LogP contribution in [0, 0.1) is 19.8 Å². The Kier molecular flexibility index (Phi) is 5.11. The maximum atomic E-state index is 12.5. The molecule has 1 fully saturated rings. The Morgan fingerprint density at radius 1 is 1.12 bits per heavy atom. The number of likely N-dealkylation sites (tertiary alicyclic amines) is 1. The van der Waals surface area contributed by atoms with E-state index in [1.807, 2.05) is 44.2 Å². The summed E-state index contributed by atoms with van der Waals surface area (Å²) >= 11 is 0. The number of carbonyl (C=O) groups excluding carboxylic acids is 1. The van der Waals surface area contributed by atoms with Crippen LogP contribution in [0.4, 0.5) is 10.5 Å². The maximum Gasteiger partial charge on any atom is 0.321 e. The highest BCUT2D eigenvalue weighted by molar-refractivity contribution is 5.91. The largest absolute Gasteiger partial charge is 0.481 e. The van der Waals surface area contributed by atoms with Crippen LogP contribution in [0.2, 0.25) is 0 Å². The molecule has 1 unspecified atom stereocenters. The molecule has 0 saturated carbocycles. The van der Waals surface area contributed by atoms with Gasteiger partial charge in [-0.1, -0.05) is 30.3 Å². The Morgan fingerprint density at radius 3 is 2.46 bits per heavy atom. The summed E-state index contributed by atoms with van der Waals surface area (Å²) in [6.45, 7) is 4.60. The molecule has 2 N–H and O–H groups in total. The van der Waals surface area contributed by atoms with Gasteiger partial charge in [-0.25, -0.2) is 4.79 Å². The number of aryl methyl sites for hydroxylation is 2. The minimum atomic E-state index is -0.862. The van der Waals surface area contributed by atoms with Crippen molar-refractivity contribution in [2.75, 3.05) is 18.4 Å². The van der Waals surface area contributed by atoms with Gasteiger partial charge < -0.3 is 20.1 Å². The number of carboxylic acid groups (broad SMARTS) is 1. The van der Waals surface area contributed by atoms with Crippen LogP contribution < -0.4 is 10.1 Å². The molecular formula is C20H22N2O4. The van der Waals surface area contributed by atoms with Crippen molar-refractivity contribution in [3.63, 3.8) is 0 Å². The number of carbonyl (C=O) groups is 2. The van der Waals surface area contributed by atoms with Gasteiger partial charge in [0.1, 0.15) is 5.75 Å².